The van der Waals surface area contributed by atoms with Crippen molar-refractivity contribution in [2.24, 2.45) is 0 Å². The molecule has 1 amide bonds. The summed E-state index contributed by atoms with van der Waals surface area (Å²) in [7, 11) is 0. The van der Waals surface area contributed by atoms with E-state index in [1.54, 1.807) is 12.1 Å². The van der Waals surface area contributed by atoms with Crippen molar-refractivity contribution < 1.29 is 9.18 Å². The summed E-state index contributed by atoms with van der Waals surface area (Å²) in [6, 6.07) is 16.5. The van der Waals surface area contributed by atoms with Gasteiger partial charge in [0.2, 0.25) is 0 Å². The lowest BCUT2D eigenvalue weighted by Gasteiger charge is -2.05. The van der Waals surface area contributed by atoms with E-state index >= 15 is 0 Å². The Hall–Kier alpha value is -2.99. The van der Waals surface area contributed by atoms with Crippen LogP contribution in [0.3, 0.4) is 0 Å². The van der Waals surface area contributed by atoms with Crippen molar-refractivity contribution in [3.8, 4) is 11.3 Å². The number of imidazole rings is 1. The summed E-state index contributed by atoms with van der Waals surface area (Å²) < 4.78 is 15.0. The van der Waals surface area contributed by atoms with Gasteiger partial charge in [-0.3, -0.25) is 9.20 Å². The van der Waals surface area contributed by atoms with Crippen LogP contribution in [0.25, 0.3) is 16.2 Å². The van der Waals surface area contributed by atoms with Gasteiger partial charge in [0.05, 0.1) is 5.69 Å². The molecule has 0 fully saturated rings. The van der Waals surface area contributed by atoms with Gasteiger partial charge in [0, 0.05) is 24.0 Å². The maximum absolute atomic E-state index is 13.1. The van der Waals surface area contributed by atoms with Crippen molar-refractivity contribution in [1.82, 2.24) is 14.7 Å². The van der Waals surface area contributed by atoms with Crippen molar-refractivity contribution in [2.75, 3.05) is 6.54 Å². The summed E-state index contributed by atoms with van der Waals surface area (Å²) in [6.45, 7) is 2.55. The Labute approximate surface area is 166 Å². The lowest BCUT2D eigenvalue weighted by molar-refractivity contribution is 0.0956. The van der Waals surface area contributed by atoms with Crippen molar-refractivity contribution in [3.63, 3.8) is 0 Å². The molecule has 2 aromatic heterocycles. The van der Waals surface area contributed by atoms with Crippen molar-refractivity contribution in [2.45, 2.75) is 19.8 Å². The number of nitrogens with zero attached hydrogens (tertiary/aromatic N) is 2. The topological polar surface area (TPSA) is 46.4 Å². The highest BCUT2D eigenvalue weighted by atomic mass is 32.1. The second-order valence-corrected chi connectivity index (χ2v) is 7.62. The van der Waals surface area contributed by atoms with Crippen LogP contribution >= 0.6 is 11.3 Å². The summed E-state index contributed by atoms with van der Waals surface area (Å²) in [5.41, 5.74) is 3.75. The molecule has 0 aliphatic heterocycles. The molecule has 2 heterocycles. The number of rotatable bonds is 6. The molecule has 0 spiro atoms. The van der Waals surface area contributed by atoms with Crippen molar-refractivity contribution in [1.29, 1.82) is 0 Å². The molecule has 28 heavy (non-hydrogen) atoms. The molecule has 0 unspecified atom stereocenters. The molecule has 4 rings (SSSR count). The SMILES string of the molecule is Cc1c(C(=O)NCCCc2ccccc2)sc2nc(-c3ccc(F)cc3)cn12. The number of aromatic nitrogens is 2. The quantitative estimate of drug-likeness (QED) is 0.475. The molecule has 0 saturated carbocycles. The van der Waals surface area contributed by atoms with Crippen LogP contribution in [-0.4, -0.2) is 21.8 Å². The third-order valence-electron chi connectivity index (χ3n) is 4.67. The smallest absolute Gasteiger partial charge is 0.263 e. The molecule has 2 aromatic carbocycles. The Bertz CT molecular complexity index is 1100. The zero-order valence-corrected chi connectivity index (χ0v) is 16.3. The lowest BCUT2D eigenvalue weighted by Crippen LogP contribution is -2.24. The molecule has 142 valence electrons. The second kappa shape index (κ2) is 7.94. The molecule has 6 heteroatoms. The van der Waals surface area contributed by atoms with Crippen LogP contribution in [0, 0.1) is 12.7 Å². The molecular formula is C22H20FN3OS. The Balaban J connectivity index is 1.42. The van der Waals surface area contributed by atoms with Gasteiger partial charge in [0.15, 0.2) is 4.96 Å². The molecule has 0 aliphatic rings. The van der Waals surface area contributed by atoms with Crippen LogP contribution in [0.15, 0.2) is 60.8 Å². The normalized spacial score (nSPS) is 11.1. The van der Waals surface area contributed by atoms with Gasteiger partial charge in [0.1, 0.15) is 10.7 Å². The number of fused-ring (bicyclic) bond motifs is 1. The average Bonchev–Trinajstić information content (AvgIpc) is 3.26. The number of nitrogens with one attached hydrogen (secondary N) is 1. The van der Waals surface area contributed by atoms with Gasteiger partial charge in [-0.25, -0.2) is 9.37 Å². The number of hydrogen-bond donors (Lipinski definition) is 1. The fourth-order valence-corrected chi connectivity index (χ4v) is 4.17. The molecule has 4 nitrogen and oxygen atoms in total. The van der Waals surface area contributed by atoms with Crippen LogP contribution in [-0.2, 0) is 6.42 Å². The van der Waals surface area contributed by atoms with Gasteiger partial charge >= 0.3 is 0 Å². The summed E-state index contributed by atoms with van der Waals surface area (Å²) in [5, 5.41) is 3.00. The number of carbonyl (C=O) groups excluding carboxylic acids is 1. The monoisotopic (exact) mass is 393 g/mol. The molecule has 0 saturated heterocycles. The lowest BCUT2D eigenvalue weighted by atomic mass is 10.1. The minimum Gasteiger partial charge on any atom is -0.351 e. The maximum Gasteiger partial charge on any atom is 0.263 e. The van der Waals surface area contributed by atoms with Crippen LogP contribution < -0.4 is 5.32 Å². The Kier molecular flexibility index (Phi) is 5.21. The van der Waals surface area contributed by atoms with Gasteiger partial charge in [-0.05, 0) is 49.6 Å². The summed E-state index contributed by atoms with van der Waals surface area (Å²) in [6.07, 6.45) is 3.72. The first kappa shape index (κ1) is 18.4. The first-order chi connectivity index (χ1) is 13.6. The van der Waals surface area contributed by atoms with Crippen molar-refractivity contribution >= 4 is 22.2 Å². The molecule has 0 radical (unpaired) electrons. The van der Waals surface area contributed by atoms with Gasteiger partial charge in [0.25, 0.3) is 5.91 Å². The standard InChI is InChI=1S/C22H20FN3OS/c1-15-20(21(27)24-13-5-8-16-6-3-2-4-7-16)28-22-25-19(14-26(15)22)17-9-11-18(23)12-10-17/h2-4,6-7,9-12,14H,5,8,13H2,1H3,(H,24,27). The molecule has 0 bridgehead atoms. The van der Waals surface area contributed by atoms with E-state index in [2.05, 4.69) is 22.4 Å². The third-order valence-corrected chi connectivity index (χ3v) is 5.83. The minimum absolute atomic E-state index is 0.0654. The molecule has 0 aliphatic carbocycles. The Morgan fingerprint density at radius 2 is 1.89 bits per heavy atom. The zero-order valence-electron chi connectivity index (χ0n) is 15.5. The predicted molar refractivity (Wildman–Crippen MR) is 110 cm³/mol. The maximum atomic E-state index is 13.1. The highest BCUT2D eigenvalue weighted by Gasteiger charge is 2.17. The predicted octanol–water partition coefficient (Wildman–Crippen LogP) is 4.87. The summed E-state index contributed by atoms with van der Waals surface area (Å²) in [5.74, 6) is -0.337. The highest BCUT2D eigenvalue weighted by molar-refractivity contribution is 7.19. The summed E-state index contributed by atoms with van der Waals surface area (Å²) >= 11 is 1.37. The van der Waals surface area contributed by atoms with E-state index in [-0.39, 0.29) is 11.7 Å². The van der Waals surface area contributed by atoms with Crippen molar-refractivity contribution in [3.05, 3.63) is 82.7 Å². The van der Waals surface area contributed by atoms with Gasteiger partial charge in [-0.1, -0.05) is 41.7 Å². The average molecular weight is 393 g/mol. The van der Waals surface area contributed by atoms with Crippen LogP contribution in [0.2, 0.25) is 0 Å². The van der Waals surface area contributed by atoms with Crippen LogP contribution in [0.1, 0.15) is 27.3 Å². The van der Waals surface area contributed by atoms with E-state index in [9.17, 15) is 9.18 Å². The van der Waals surface area contributed by atoms with Gasteiger partial charge < -0.3 is 5.32 Å². The number of benzene rings is 2. The number of thiazole rings is 1. The summed E-state index contributed by atoms with van der Waals surface area (Å²) in [4.78, 5) is 18.6. The van der Waals surface area contributed by atoms with E-state index in [1.807, 2.05) is 35.7 Å². The molecular weight excluding hydrogens is 373 g/mol. The van der Waals surface area contributed by atoms with E-state index in [1.165, 1.54) is 29.0 Å². The van der Waals surface area contributed by atoms with Gasteiger partial charge in [-0.2, -0.15) is 0 Å². The minimum atomic E-state index is -0.271. The number of carbonyl (C=O) groups is 1. The number of aryl methyl sites for hydroxylation is 2. The molecule has 1 N–H and O–H groups in total. The van der Waals surface area contributed by atoms with E-state index in [0.29, 0.717) is 11.4 Å². The van der Waals surface area contributed by atoms with Crippen LogP contribution in [0.4, 0.5) is 4.39 Å². The Morgan fingerprint density at radius 1 is 1.14 bits per heavy atom. The van der Waals surface area contributed by atoms with Crippen LogP contribution in [0.5, 0.6) is 0 Å². The zero-order chi connectivity index (χ0) is 19.5. The Morgan fingerprint density at radius 3 is 2.61 bits per heavy atom. The fourth-order valence-electron chi connectivity index (χ4n) is 3.14. The molecule has 4 aromatic rings. The largest absolute Gasteiger partial charge is 0.351 e. The third kappa shape index (κ3) is 3.82. The van der Waals surface area contributed by atoms with Gasteiger partial charge in [-0.15, -0.1) is 0 Å². The number of halogens is 1. The fraction of sp³-hybridized carbons (Fsp3) is 0.182. The van der Waals surface area contributed by atoms with E-state index < -0.39 is 0 Å². The second-order valence-electron chi connectivity index (χ2n) is 6.65. The first-order valence-electron chi connectivity index (χ1n) is 9.18. The number of hydrogen-bond acceptors (Lipinski definition) is 3. The van der Waals surface area contributed by atoms with E-state index in [0.717, 1.165) is 34.8 Å². The number of amides is 1. The van der Waals surface area contributed by atoms with E-state index in [4.69, 9.17) is 0 Å². The first-order valence-corrected chi connectivity index (χ1v) is 10.00. The molecule has 0 atom stereocenters. The highest BCUT2D eigenvalue weighted by Crippen LogP contribution is 2.27.